The third-order valence-electron chi connectivity index (χ3n) is 4.26. The molecule has 0 unspecified atom stereocenters. The predicted octanol–water partition coefficient (Wildman–Crippen LogP) is 2.06. The minimum absolute atomic E-state index is 0.0748. The van der Waals surface area contributed by atoms with E-state index in [0.29, 0.717) is 10.2 Å². The van der Waals surface area contributed by atoms with Crippen LogP contribution in [-0.4, -0.2) is 31.8 Å². The number of carbonyl (C=O) groups excluding carboxylic acids is 1. The van der Waals surface area contributed by atoms with Crippen molar-refractivity contribution < 1.29 is 17.9 Å². The van der Waals surface area contributed by atoms with Gasteiger partial charge in [0.05, 0.1) is 16.5 Å². The smallest absolute Gasteiger partial charge is 0.244 e. The largest absolute Gasteiger partial charge is 0.496 e. The zero-order valence-electron chi connectivity index (χ0n) is 13.5. The van der Waals surface area contributed by atoms with Crippen molar-refractivity contribution in [2.45, 2.75) is 23.9 Å². The predicted molar refractivity (Wildman–Crippen MR) is 96.6 cm³/mol. The molecule has 0 saturated carbocycles. The van der Waals surface area contributed by atoms with Crippen LogP contribution < -0.4 is 10.5 Å². The van der Waals surface area contributed by atoms with E-state index in [9.17, 15) is 13.2 Å². The number of methoxy groups -OCH3 is 1. The van der Waals surface area contributed by atoms with Crippen molar-refractivity contribution in [2.24, 2.45) is 5.73 Å². The van der Waals surface area contributed by atoms with E-state index >= 15 is 0 Å². The van der Waals surface area contributed by atoms with E-state index in [2.05, 4.69) is 15.9 Å². The van der Waals surface area contributed by atoms with Gasteiger partial charge in [-0.05, 0) is 51.7 Å². The highest BCUT2D eigenvalue weighted by molar-refractivity contribution is 9.10. The summed E-state index contributed by atoms with van der Waals surface area (Å²) < 4.78 is 33.1. The molecule has 1 aliphatic heterocycles. The maximum absolute atomic E-state index is 13.1. The van der Waals surface area contributed by atoms with Gasteiger partial charge in [-0.1, -0.05) is 24.3 Å². The number of hydrogen-bond donors (Lipinski definition) is 1. The molecule has 0 saturated heterocycles. The molecule has 1 amide bonds. The Morgan fingerprint density at radius 2 is 1.92 bits per heavy atom. The molecule has 2 N–H and O–H groups in total. The highest BCUT2D eigenvalue weighted by Crippen LogP contribution is 2.32. The molecular weight excluding hydrogens is 408 g/mol. The number of nitrogens with zero attached hydrogens (tertiary/aromatic N) is 1. The molecule has 1 aliphatic rings. The summed E-state index contributed by atoms with van der Waals surface area (Å²) in [5, 5.41) is 0. The summed E-state index contributed by atoms with van der Waals surface area (Å²) in [5.74, 6) is -0.139. The lowest BCUT2D eigenvalue weighted by Crippen LogP contribution is -2.51. The zero-order chi connectivity index (χ0) is 18.2. The van der Waals surface area contributed by atoms with Gasteiger partial charge in [-0.3, -0.25) is 4.79 Å². The van der Waals surface area contributed by atoms with Crippen molar-refractivity contribution in [1.29, 1.82) is 0 Å². The Balaban J connectivity index is 2.05. The molecule has 132 valence electrons. The summed E-state index contributed by atoms with van der Waals surface area (Å²) in [6, 6.07) is 11.0. The molecule has 0 bridgehead atoms. The third kappa shape index (κ3) is 3.29. The monoisotopic (exact) mass is 424 g/mol. The summed E-state index contributed by atoms with van der Waals surface area (Å²) in [7, 11) is -2.40. The fraction of sp³-hybridized carbons (Fsp3) is 0.235. The highest BCUT2D eigenvalue weighted by Gasteiger charge is 2.38. The minimum Gasteiger partial charge on any atom is -0.496 e. The van der Waals surface area contributed by atoms with Gasteiger partial charge in [0.15, 0.2) is 0 Å². The van der Waals surface area contributed by atoms with Gasteiger partial charge in [0.25, 0.3) is 0 Å². The third-order valence-corrected chi connectivity index (χ3v) is 6.73. The average Bonchev–Trinajstić information content (AvgIpc) is 2.60. The second-order valence-electron chi connectivity index (χ2n) is 5.74. The molecule has 0 radical (unpaired) electrons. The van der Waals surface area contributed by atoms with Crippen LogP contribution in [0.25, 0.3) is 0 Å². The molecule has 0 spiro atoms. The number of sulfonamides is 1. The van der Waals surface area contributed by atoms with Crippen LogP contribution >= 0.6 is 15.9 Å². The number of halogens is 1. The molecule has 0 aliphatic carbocycles. The number of carbonyl (C=O) groups is 1. The number of rotatable bonds is 4. The van der Waals surface area contributed by atoms with Gasteiger partial charge in [0.1, 0.15) is 11.8 Å². The molecule has 0 fully saturated rings. The summed E-state index contributed by atoms with van der Waals surface area (Å²) >= 11 is 3.29. The number of hydrogen-bond acceptors (Lipinski definition) is 4. The quantitative estimate of drug-likeness (QED) is 0.812. The summed E-state index contributed by atoms with van der Waals surface area (Å²) in [4.78, 5) is 12.0. The lowest BCUT2D eigenvalue weighted by atomic mass is 9.96. The van der Waals surface area contributed by atoms with E-state index in [1.54, 1.807) is 6.07 Å². The van der Waals surface area contributed by atoms with Crippen molar-refractivity contribution in [3.05, 3.63) is 58.1 Å². The van der Waals surface area contributed by atoms with Crippen LogP contribution in [0.5, 0.6) is 5.75 Å². The summed E-state index contributed by atoms with van der Waals surface area (Å²) in [5.41, 5.74) is 7.30. The van der Waals surface area contributed by atoms with Gasteiger partial charge in [0, 0.05) is 6.54 Å². The van der Waals surface area contributed by atoms with Gasteiger partial charge < -0.3 is 10.5 Å². The van der Waals surface area contributed by atoms with E-state index < -0.39 is 22.0 Å². The fourth-order valence-corrected chi connectivity index (χ4v) is 5.23. The molecule has 2 aromatic carbocycles. The lowest BCUT2D eigenvalue weighted by Gasteiger charge is -2.34. The standard InChI is InChI=1S/C17H17BrN2O4S/c1-24-16-7-6-13(9-14(16)18)25(22,23)20-10-12-5-3-2-4-11(12)8-15(20)17(19)21/h2-7,9,15H,8,10H2,1H3,(H2,19,21)/t15-/m0/s1. The number of nitrogens with two attached hydrogens (primary N) is 1. The molecule has 8 heteroatoms. The van der Waals surface area contributed by atoms with E-state index in [1.807, 2.05) is 24.3 Å². The molecule has 3 rings (SSSR count). The van der Waals surface area contributed by atoms with Crippen LogP contribution in [0.3, 0.4) is 0 Å². The first-order valence-electron chi connectivity index (χ1n) is 7.56. The van der Waals surface area contributed by atoms with Crippen molar-refractivity contribution in [3.8, 4) is 5.75 Å². The first-order chi connectivity index (χ1) is 11.8. The summed E-state index contributed by atoms with van der Waals surface area (Å²) in [6.45, 7) is 0.107. The summed E-state index contributed by atoms with van der Waals surface area (Å²) in [6.07, 6.45) is 0.266. The van der Waals surface area contributed by atoms with Crippen LogP contribution in [0.4, 0.5) is 0 Å². The normalized spacial score (nSPS) is 17.8. The van der Waals surface area contributed by atoms with E-state index in [4.69, 9.17) is 10.5 Å². The number of benzene rings is 2. The first kappa shape index (κ1) is 17.9. The highest BCUT2D eigenvalue weighted by atomic mass is 79.9. The lowest BCUT2D eigenvalue weighted by molar-refractivity contribution is -0.122. The van der Waals surface area contributed by atoms with Crippen molar-refractivity contribution >= 4 is 31.9 Å². The van der Waals surface area contributed by atoms with Crippen LogP contribution in [0.2, 0.25) is 0 Å². The molecule has 1 atom stereocenters. The second-order valence-corrected chi connectivity index (χ2v) is 8.48. The Morgan fingerprint density at radius 3 is 2.52 bits per heavy atom. The van der Waals surface area contributed by atoms with Crippen LogP contribution in [-0.2, 0) is 27.8 Å². The van der Waals surface area contributed by atoms with Crippen LogP contribution in [0.1, 0.15) is 11.1 Å². The van der Waals surface area contributed by atoms with E-state index in [0.717, 1.165) is 11.1 Å². The maximum Gasteiger partial charge on any atom is 0.244 e. The maximum atomic E-state index is 13.1. The average molecular weight is 425 g/mol. The Bertz CT molecular complexity index is 930. The van der Waals surface area contributed by atoms with Crippen molar-refractivity contribution in [3.63, 3.8) is 0 Å². The SMILES string of the molecule is COc1ccc(S(=O)(=O)N2Cc3ccccc3C[C@H]2C(N)=O)cc1Br. The molecule has 25 heavy (non-hydrogen) atoms. The molecule has 6 nitrogen and oxygen atoms in total. The van der Waals surface area contributed by atoms with E-state index in [1.165, 1.54) is 23.5 Å². The number of primary amides is 1. The molecule has 0 aromatic heterocycles. The Morgan fingerprint density at radius 1 is 1.24 bits per heavy atom. The van der Waals surface area contributed by atoms with Gasteiger partial charge in [-0.25, -0.2) is 8.42 Å². The molecule has 1 heterocycles. The van der Waals surface area contributed by atoms with Crippen LogP contribution in [0, 0.1) is 0 Å². The Hall–Kier alpha value is -1.90. The first-order valence-corrected chi connectivity index (χ1v) is 9.79. The molecular formula is C17H17BrN2O4S. The number of ether oxygens (including phenoxy) is 1. The topological polar surface area (TPSA) is 89.7 Å². The van der Waals surface area contributed by atoms with Crippen molar-refractivity contribution in [1.82, 2.24) is 4.31 Å². The van der Waals surface area contributed by atoms with Crippen molar-refractivity contribution in [2.75, 3.05) is 7.11 Å². The van der Waals surface area contributed by atoms with Gasteiger partial charge in [0.2, 0.25) is 15.9 Å². The van der Waals surface area contributed by atoms with E-state index in [-0.39, 0.29) is 17.9 Å². The second kappa shape index (κ2) is 6.78. The minimum atomic E-state index is -3.90. The number of fused-ring (bicyclic) bond motifs is 1. The number of amides is 1. The van der Waals surface area contributed by atoms with Gasteiger partial charge in [-0.15, -0.1) is 0 Å². The Labute approximate surface area is 154 Å². The molecule has 2 aromatic rings. The fourth-order valence-electron chi connectivity index (χ4n) is 2.94. The van der Waals surface area contributed by atoms with Crippen LogP contribution in [0.15, 0.2) is 51.8 Å². The Kier molecular flexibility index (Phi) is 4.86. The van der Waals surface area contributed by atoms with Gasteiger partial charge >= 0.3 is 0 Å². The zero-order valence-corrected chi connectivity index (χ0v) is 15.9. The van der Waals surface area contributed by atoms with Gasteiger partial charge in [-0.2, -0.15) is 4.31 Å².